The fourth-order valence-electron chi connectivity index (χ4n) is 4.00. The summed E-state index contributed by atoms with van der Waals surface area (Å²) in [5.41, 5.74) is 0. The molecule has 110 valence electrons. The molecule has 0 amide bonds. The normalized spacial score (nSPS) is 38.5. The number of piperazine rings is 1. The summed E-state index contributed by atoms with van der Waals surface area (Å²) < 4.78 is 5.96. The lowest BCUT2D eigenvalue weighted by Gasteiger charge is -2.45. The number of hydrogen-bond acceptors (Lipinski definition) is 4. The standard InChI is InChI=1S/C15H29N3O/c1-3-13-9-17-6-4-5-14(17)10-18(13)12-15-11-16(2)7-8-19-15/h13-15H,3-12H2,1-2H3. The van der Waals surface area contributed by atoms with Crippen LogP contribution in [0.1, 0.15) is 26.2 Å². The van der Waals surface area contributed by atoms with E-state index in [2.05, 4.69) is 28.7 Å². The number of hydrogen-bond donors (Lipinski definition) is 0. The first-order chi connectivity index (χ1) is 9.26. The average molecular weight is 267 g/mol. The predicted octanol–water partition coefficient (Wildman–Crippen LogP) is 0.876. The monoisotopic (exact) mass is 267 g/mol. The van der Waals surface area contributed by atoms with Gasteiger partial charge in [-0.05, 0) is 32.9 Å². The van der Waals surface area contributed by atoms with E-state index in [0.717, 1.165) is 38.3 Å². The first kappa shape index (κ1) is 13.8. The van der Waals surface area contributed by atoms with E-state index in [4.69, 9.17) is 4.74 Å². The summed E-state index contributed by atoms with van der Waals surface area (Å²) in [5.74, 6) is 0. The quantitative estimate of drug-likeness (QED) is 0.755. The molecule has 3 aliphatic rings. The van der Waals surface area contributed by atoms with Gasteiger partial charge in [0.1, 0.15) is 0 Å². The number of morpholine rings is 1. The number of nitrogens with zero attached hydrogens (tertiary/aromatic N) is 3. The Balaban J connectivity index is 1.58. The Morgan fingerprint density at radius 3 is 2.84 bits per heavy atom. The van der Waals surface area contributed by atoms with Gasteiger partial charge in [0.2, 0.25) is 0 Å². The Bertz CT molecular complexity index is 299. The van der Waals surface area contributed by atoms with Gasteiger partial charge in [0.05, 0.1) is 12.7 Å². The van der Waals surface area contributed by atoms with Crippen molar-refractivity contribution in [1.82, 2.24) is 14.7 Å². The molecule has 4 heteroatoms. The minimum Gasteiger partial charge on any atom is -0.374 e. The van der Waals surface area contributed by atoms with E-state index in [1.54, 1.807) is 0 Å². The maximum atomic E-state index is 5.96. The van der Waals surface area contributed by atoms with Crippen molar-refractivity contribution in [3.63, 3.8) is 0 Å². The van der Waals surface area contributed by atoms with Gasteiger partial charge in [0.25, 0.3) is 0 Å². The van der Waals surface area contributed by atoms with E-state index in [0.29, 0.717) is 6.10 Å². The Hall–Kier alpha value is -0.160. The maximum Gasteiger partial charge on any atom is 0.0829 e. The zero-order valence-electron chi connectivity index (χ0n) is 12.6. The van der Waals surface area contributed by atoms with E-state index >= 15 is 0 Å². The zero-order chi connectivity index (χ0) is 13.2. The van der Waals surface area contributed by atoms with Crippen molar-refractivity contribution < 1.29 is 4.74 Å². The maximum absolute atomic E-state index is 5.96. The summed E-state index contributed by atoms with van der Waals surface area (Å²) >= 11 is 0. The third-order valence-electron chi connectivity index (χ3n) is 5.16. The third-order valence-corrected chi connectivity index (χ3v) is 5.16. The highest BCUT2D eigenvalue weighted by molar-refractivity contribution is 4.92. The second-order valence-corrected chi connectivity index (χ2v) is 6.56. The molecular formula is C15H29N3O. The van der Waals surface area contributed by atoms with Crippen LogP contribution in [-0.2, 0) is 4.74 Å². The van der Waals surface area contributed by atoms with Crippen LogP contribution >= 0.6 is 0 Å². The fourth-order valence-corrected chi connectivity index (χ4v) is 4.00. The van der Waals surface area contributed by atoms with Crippen LogP contribution in [0.2, 0.25) is 0 Å². The minimum absolute atomic E-state index is 0.417. The predicted molar refractivity (Wildman–Crippen MR) is 77.5 cm³/mol. The SMILES string of the molecule is CCC1CN2CCCC2CN1CC1CN(C)CCO1. The summed E-state index contributed by atoms with van der Waals surface area (Å²) in [7, 11) is 2.21. The molecule has 0 aromatic heterocycles. The lowest BCUT2D eigenvalue weighted by atomic mass is 10.0. The van der Waals surface area contributed by atoms with Crippen molar-refractivity contribution in [2.45, 2.75) is 44.4 Å². The molecule has 0 aromatic carbocycles. The molecule has 3 unspecified atom stereocenters. The van der Waals surface area contributed by atoms with Gasteiger partial charge in [-0.25, -0.2) is 0 Å². The zero-order valence-corrected chi connectivity index (χ0v) is 12.6. The minimum atomic E-state index is 0.417. The van der Waals surface area contributed by atoms with E-state index in [1.807, 2.05) is 0 Å². The number of likely N-dealkylation sites (N-methyl/N-ethyl adjacent to an activating group) is 1. The highest BCUT2D eigenvalue weighted by Gasteiger charge is 2.36. The molecule has 0 N–H and O–H groups in total. The van der Waals surface area contributed by atoms with Crippen molar-refractivity contribution in [1.29, 1.82) is 0 Å². The van der Waals surface area contributed by atoms with Gasteiger partial charge in [-0.15, -0.1) is 0 Å². The summed E-state index contributed by atoms with van der Waals surface area (Å²) in [4.78, 5) is 7.84. The molecule has 4 nitrogen and oxygen atoms in total. The van der Waals surface area contributed by atoms with Crippen molar-refractivity contribution >= 4 is 0 Å². The Labute approximate surface area is 117 Å². The van der Waals surface area contributed by atoms with Crippen LogP contribution in [0.25, 0.3) is 0 Å². The molecular weight excluding hydrogens is 238 g/mol. The summed E-state index contributed by atoms with van der Waals surface area (Å²) in [6.07, 6.45) is 4.49. The van der Waals surface area contributed by atoms with Gasteiger partial charge in [-0.3, -0.25) is 9.80 Å². The Morgan fingerprint density at radius 1 is 1.16 bits per heavy atom. The summed E-state index contributed by atoms with van der Waals surface area (Å²) in [5, 5.41) is 0. The molecule has 0 aliphatic carbocycles. The molecule has 3 fully saturated rings. The highest BCUT2D eigenvalue weighted by Crippen LogP contribution is 2.26. The molecule has 3 saturated heterocycles. The van der Waals surface area contributed by atoms with Crippen LogP contribution in [0.4, 0.5) is 0 Å². The molecule has 0 radical (unpaired) electrons. The van der Waals surface area contributed by atoms with Gasteiger partial charge in [-0.2, -0.15) is 0 Å². The largest absolute Gasteiger partial charge is 0.374 e. The van der Waals surface area contributed by atoms with Crippen molar-refractivity contribution in [2.75, 3.05) is 52.9 Å². The van der Waals surface area contributed by atoms with Crippen molar-refractivity contribution in [3.05, 3.63) is 0 Å². The van der Waals surface area contributed by atoms with E-state index < -0.39 is 0 Å². The summed E-state index contributed by atoms with van der Waals surface area (Å²) in [6, 6.07) is 1.56. The Morgan fingerprint density at radius 2 is 2.05 bits per heavy atom. The van der Waals surface area contributed by atoms with Crippen LogP contribution in [0, 0.1) is 0 Å². The van der Waals surface area contributed by atoms with Gasteiger partial charge in [-0.1, -0.05) is 6.92 Å². The first-order valence-corrected chi connectivity index (χ1v) is 8.04. The number of ether oxygens (including phenoxy) is 1. The van der Waals surface area contributed by atoms with Crippen LogP contribution in [-0.4, -0.2) is 85.8 Å². The average Bonchev–Trinajstić information content (AvgIpc) is 2.85. The second kappa shape index (κ2) is 6.08. The van der Waals surface area contributed by atoms with Crippen LogP contribution in [0.5, 0.6) is 0 Å². The molecule has 0 aromatic rings. The van der Waals surface area contributed by atoms with Crippen LogP contribution < -0.4 is 0 Å². The Kier molecular flexibility index (Phi) is 4.42. The van der Waals surface area contributed by atoms with Gasteiger partial charge in [0.15, 0.2) is 0 Å². The van der Waals surface area contributed by atoms with Crippen LogP contribution in [0.3, 0.4) is 0 Å². The van der Waals surface area contributed by atoms with E-state index in [9.17, 15) is 0 Å². The first-order valence-electron chi connectivity index (χ1n) is 8.04. The lowest BCUT2D eigenvalue weighted by Crippen LogP contribution is -2.58. The van der Waals surface area contributed by atoms with Crippen molar-refractivity contribution in [3.8, 4) is 0 Å². The number of fused-ring (bicyclic) bond motifs is 1. The summed E-state index contributed by atoms with van der Waals surface area (Å²) in [6.45, 7) is 10.4. The topological polar surface area (TPSA) is 19.0 Å². The molecule has 3 rings (SSSR count). The van der Waals surface area contributed by atoms with E-state index in [1.165, 1.54) is 38.9 Å². The molecule has 3 heterocycles. The molecule has 3 aliphatic heterocycles. The second-order valence-electron chi connectivity index (χ2n) is 6.56. The lowest BCUT2D eigenvalue weighted by molar-refractivity contribution is -0.0558. The smallest absolute Gasteiger partial charge is 0.0829 e. The molecule has 0 bridgehead atoms. The van der Waals surface area contributed by atoms with Crippen LogP contribution in [0.15, 0.2) is 0 Å². The molecule has 3 atom stereocenters. The molecule has 19 heavy (non-hydrogen) atoms. The van der Waals surface area contributed by atoms with Gasteiger partial charge >= 0.3 is 0 Å². The highest BCUT2D eigenvalue weighted by atomic mass is 16.5. The van der Waals surface area contributed by atoms with Gasteiger partial charge in [0, 0.05) is 44.8 Å². The number of rotatable bonds is 3. The van der Waals surface area contributed by atoms with Crippen molar-refractivity contribution in [2.24, 2.45) is 0 Å². The third kappa shape index (κ3) is 3.13. The van der Waals surface area contributed by atoms with E-state index in [-0.39, 0.29) is 0 Å². The molecule has 0 saturated carbocycles. The molecule has 0 spiro atoms. The van der Waals surface area contributed by atoms with Gasteiger partial charge < -0.3 is 9.64 Å². The fraction of sp³-hybridized carbons (Fsp3) is 1.00.